The third kappa shape index (κ3) is 4.85. The quantitative estimate of drug-likeness (QED) is 0.674. The molecule has 6 atom stereocenters. The lowest BCUT2D eigenvalue weighted by molar-refractivity contribution is -0.137. The van der Waals surface area contributed by atoms with E-state index in [4.69, 9.17) is 16.3 Å². The lowest BCUT2D eigenvalue weighted by atomic mass is 9.71. The lowest BCUT2D eigenvalue weighted by Gasteiger charge is -2.42. The van der Waals surface area contributed by atoms with Gasteiger partial charge in [-0.2, -0.15) is 0 Å². The van der Waals surface area contributed by atoms with E-state index in [1.54, 1.807) is 0 Å². The molecular weight excluding hydrogens is 328 g/mol. The van der Waals surface area contributed by atoms with Gasteiger partial charge in [0.1, 0.15) is 0 Å². The third-order valence-corrected chi connectivity index (χ3v) is 7.09. The Balaban J connectivity index is 1.54. The maximum Gasteiger partial charge on any atom is 0.0834 e. The predicted octanol–water partition coefficient (Wildman–Crippen LogP) is 2.85. The number of aliphatic hydroxyl groups is 3. The second-order valence-electron chi connectivity index (χ2n) is 8.36. The van der Waals surface area contributed by atoms with E-state index in [0.717, 1.165) is 51.4 Å². The molecule has 1 saturated heterocycles. The monoisotopic (exact) mass is 360 g/mol. The van der Waals surface area contributed by atoms with Crippen molar-refractivity contribution in [2.24, 2.45) is 17.8 Å². The van der Waals surface area contributed by atoms with Crippen LogP contribution >= 0.6 is 11.6 Å². The highest BCUT2D eigenvalue weighted by atomic mass is 35.5. The van der Waals surface area contributed by atoms with Gasteiger partial charge in [-0.15, -0.1) is 11.6 Å². The summed E-state index contributed by atoms with van der Waals surface area (Å²) >= 11 is 6.64. The highest BCUT2D eigenvalue weighted by Gasteiger charge is 2.39. The second kappa shape index (κ2) is 8.68. The number of hydrogen-bond donors (Lipinski definition) is 3. The van der Waals surface area contributed by atoms with Gasteiger partial charge in [0.15, 0.2) is 0 Å². The van der Waals surface area contributed by atoms with E-state index in [-0.39, 0.29) is 36.4 Å². The van der Waals surface area contributed by atoms with E-state index in [2.05, 4.69) is 0 Å². The fourth-order valence-electron chi connectivity index (χ4n) is 5.10. The first-order valence-electron chi connectivity index (χ1n) is 9.81. The molecule has 2 aliphatic carbocycles. The highest BCUT2D eigenvalue weighted by Crippen LogP contribution is 2.42. The van der Waals surface area contributed by atoms with Crippen LogP contribution in [0, 0.1) is 17.8 Å². The Morgan fingerprint density at radius 2 is 1.62 bits per heavy atom. The van der Waals surface area contributed by atoms with E-state index in [1.165, 1.54) is 0 Å². The van der Waals surface area contributed by atoms with Gasteiger partial charge in [0.2, 0.25) is 0 Å². The van der Waals surface area contributed by atoms with Crippen molar-refractivity contribution in [3.63, 3.8) is 0 Å². The molecule has 1 heterocycles. The van der Waals surface area contributed by atoms with Crippen molar-refractivity contribution >= 4 is 11.6 Å². The number of halogens is 1. The Kier molecular flexibility index (Phi) is 6.84. The van der Waals surface area contributed by atoms with Crippen LogP contribution in [0.5, 0.6) is 0 Å². The standard InChI is InChI=1S/C19H33ClO4/c20-18-6-3-13(19-10-16(23)9-17(11-21)24-19)8-14(18)7-12-1-4-15(22)5-2-12/h12-19,21-23H,1-11H2/t12?,13?,14?,15?,16-,17-,18?,19+/m0/s1. The van der Waals surface area contributed by atoms with Gasteiger partial charge in [-0.25, -0.2) is 0 Å². The van der Waals surface area contributed by atoms with Crippen molar-refractivity contribution in [2.75, 3.05) is 6.61 Å². The number of rotatable bonds is 4. The first-order chi connectivity index (χ1) is 11.5. The average molecular weight is 361 g/mol. The summed E-state index contributed by atoms with van der Waals surface area (Å²) in [6.45, 7) is -0.00770. The van der Waals surface area contributed by atoms with Crippen LogP contribution in [0.25, 0.3) is 0 Å². The van der Waals surface area contributed by atoms with Gasteiger partial charge in [0, 0.05) is 11.8 Å². The number of ether oxygens (including phenoxy) is 1. The minimum absolute atomic E-state index is 0.00770. The molecule has 3 aliphatic rings. The van der Waals surface area contributed by atoms with E-state index >= 15 is 0 Å². The molecule has 0 spiro atoms. The van der Waals surface area contributed by atoms with E-state index in [0.29, 0.717) is 30.6 Å². The SMILES string of the molecule is OC[C@@H]1C[C@H](O)C[C@H](C2CCC(Cl)C(CC3CCC(O)CC3)C2)O1. The molecule has 3 fully saturated rings. The molecule has 0 aromatic carbocycles. The van der Waals surface area contributed by atoms with Crippen molar-refractivity contribution in [1.82, 2.24) is 0 Å². The number of alkyl halides is 1. The molecule has 0 amide bonds. The Labute approximate surface area is 150 Å². The Morgan fingerprint density at radius 3 is 2.33 bits per heavy atom. The molecule has 0 radical (unpaired) electrons. The second-order valence-corrected chi connectivity index (χ2v) is 8.92. The summed E-state index contributed by atoms with van der Waals surface area (Å²) in [5.41, 5.74) is 0. The van der Waals surface area contributed by atoms with Gasteiger partial charge < -0.3 is 20.1 Å². The maximum atomic E-state index is 10.1. The average Bonchev–Trinajstić information content (AvgIpc) is 2.58. The lowest BCUT2D eigenvalue weighted by Crippen LogP contribution is -2.43. The molecule has 4 nitrogen and oxygen atoms in total. The first-order valence-corrected chi connectivity index (χ1v) is 10.2. The number of hydrogen-bond acceptors (Lipinski definition) is 4. The fourth-order valence-corrected chi connectivity index (χ4v) is 5.43. The maximum absolute atomic E-state index is 10.1. The fraction of sp³-hybridized carbons (Fsp3) is 1.00. The Bertz CT molecular complexity index is 386. The van der Waals surface area contributed by atoms with Gasteiger partial charge in [-0.1, -0.05) is 0 Å². The van der Waals surface area contributed by atoms with E-state index in [9.17, 15) is 15.3 Å². The highest BCUT2D eigenvalue weighted by molar-refractivity contribution is 6.20. The molecule has 0 aromatic heterocycles. The van der Waals surface area contributed by atoms with Crippen LogP contribution < -0.4 is 0 Å². The molecule has 2 saturated carbocycles. The van der Waals surface area contributed by atoms with Crippen molar-refractivity contribution in [3.8, 4) is 0 Å². The smallest absolute Gasteiger partial charge is 0.0834 e. The normalized spacial score (nSPS) is 47.5. The molecule has 140 valence electrons. The van der Waals surface area contributed by atoms with Gasteiger partial charge in [0.05, 0.1) is 31.0 Å². The Morgan fingerprint density at radius 1 is 0.875 bits per heavy atom. The van der Waals surface area contributed by atoms with Crippen LogP contribution in [-0.2, 0) is 4.74 Å². The molecule has 24 heavy (non-hydrogen) atoms. The van der Waals surface area contributed by atoms with Crippen LogP contribution in [0.3, 0.4) is 0 Å². The van der Waals surface area contributed by atoms with Gasteiger partial charge in [0.25, 0.3) is 0 Å². The summed E-state index contributed by atoms with van der Waals surface area (Å²) in [6.07, 6.45) is 9.06. The number of aliphatic hydroxyl groups excluding tert-OH is 3. The molecule has 3 rings (SSSR count). The molecular formula is C19H33ClO4. The van der Waals surface area contributed by atoms with Crippen molar-refractivity contribution in [3.05, 3.63) is 0 Å². The third-order valence-electron chi connectivity index (χ3n) is 6.52. The molecule has 0 aromatic rings. The summed E-state index contributed by atoms with van der Waals surface area (Å²) in [5.74, 6) is 1.66. The molecule has 1 aliphatic heterocycles. The molecule has 3 N–H and O–H groups in total. The summed E-state index contributed by atoms with van der Waals surface area (Å²) in [7, 11) is 0. The van der Waals surface area contributed by atoms with Crippen molar-refractivity contribution < 1.29 is 20.1 Å². The summed E-state index contributed by atoms with van der Waals surface area (Å²) in [5, 5.41) is 29.4. The minimum Gasteiger partial charge on any atom is -0.394 e. The van der Waals surface area contributed by atoms with E-state index in [1.807, 2.05) is 0 Å². The Hall–Kier alpha value is 0.130. The molecule has 3 unspecified atom stereocenters. The van der Waals surface area contributed by atoms with Crippen LogP contribution in [0.15, 0.2) is 0 Å². The minimum atomic E-state index is -0.354. The van der Waals surface area contributed by atoms with E-state index < -0.39 is 0 Å². The van der Waals surface area contributed by atoms with Crippen LogP contribution in [0.1, 0.15) is 64.2 Å². The van der Waals surface area contributed by atoms with Gasteiger partial charge >= 0.3 is 0 Å². The van der Waals surface area contributed by atoms with Crippen LogP contribution in [-0.4, -0.2) is 51.7 Å². The van der Waals surface area contributed by atoms with Gasteiger partial charge in [-0.05, 0) is 75.5 Å². The summed E-state index contributed by atoms with van der Waals surface area (Å²) in [6, 6.07) is 0. The van der Waals surface area contributed by atoms with Gasteiger partial charge in [-0.3, -0.25) is 0 Å². The molecule has 5 heteroatoms. The largest absolute Gasteiger partial charge is 0.394 e. The molecule has 0 bridgehead atoms. The summed E-state index contributed by atoms with van der Waals surface area (Å²) in [4.78, 5) is 0. The van der Waals surface area contributed by atoms with Crippen molar-refractivity contribution in [2.45, 2.75) is 94.0 Å². The predicted molar refractivity (Wildman–Crippen MR) is 94.0 cm³/mol. The van der Waals surface area contributed by atoms with Crippen LogP contribution in [0.4, 0.5) is 0 Å². The van der Waals surface area contributed by atoms with Crippen LogP contribution in [0.2, 0.25) is 0 Å². The zero-order valence-electron chi connectivity index (χ0n) is 14.5. The van der Waals surface area contributed by atoms with Crippen molar-refractivity contribution in [1.29, 1.82) is 0 Å². The zero-order chi connectivity index (χ0) is 17.1. The summed E-state index contributed by atoms with van der Waals surface area (Å²) < 4.78 is 6.05. The topological polar surface area (TPSA) is 69.9 Å². The zero-order valence-corrected chi connectivity index (χ0v) is 15.3. The first kappa shape index (κ1) is 18.9.